The van der Waals surface area contributed by atoms with E-state index in [4.69, 9.17) is 9.47 Å². The maximum atomic E-state index is 15.3. The molecule has 1 spiro atoms. The van der Waals surface area contributed by atoms with Gasteiger partial charge in [-0.2, -0.15) is 0 Å². The molecule has 3 N–H and O–H groups in total. The number of ether oxygens (including phenoxy) is 2. The average molecular weight is 755 g/mol. The number of aryl methyl sites for hydroxylation is 1. The van der Waals surface area contributed by atoms with Crippen molar-refractivity contribution in [1.82, 2.24) is 20.3 Å². The summed E-state index contributed by atoms with van der Waals surface area (Å²) in [7, 11) is -0.687. The van der Waals surface area contributed by atoms with Gasteiger partial charge in [0, 0.05) is 49.5 Å². The van der Waals surface area contributed by atoms with Crippen molar-refractivity contribution in [1.29, 1.82) is 0 Å². The number of nitrogens with zero attached hydrogens (tertiary/aromatic N) is 4. The van der Waals surface area contributed by atoms with Gasteiger partial charge < -0.3 is 30.1 Å². The first-order valence-electron chi connectivity index (χ1n) is 19.5. The first-order chi connectivity index (χ1) is 25.9. The summed E-state index contributed by atoms with van der Waals surface area (Å²) in [6.07, 6.45) is 10.7. The Hall–Kier alpha value is -4.10. The van der Waals surface area contributed by atoms with Crippen LogP contribution in [-0.4, -0.2) is 78.9 Å². The number of anilines is 2. The van der Waals surface area contributed by atoms with E-state index in [9.17, 15) is 9.90 Å². The molecule has 2 fully saturated rings. The summed E-state index contributed by atoms with van der Waals surface area (Å²) in [6, 6.07) is 14.0. The predicted octanol–water partition coefficient (Wildman–Crippen LogP) is 5.86. The van der Waals surface area contributed by atoms with E-state index in [1.807, 2.05) is 46.1 Å². The summed E-state index contributed by atoms with van der Waals surface area (Å²) in [5.74, 6) is 0.500. The standard InChI is InChI=1S/C42H58N6O5Si/c1-28(2)10-8-11-29(3)19-24-48-37-18-13-31(44-40(50)36-12-9-22-43-36)26-35(37)42(41(48)51)30(4)39(54(6,7)34-16-14-33(52-5)15-17-34)38(53-42)20-23-47-27-32(21-25-49)45-46-47/h10,13-19,26-27,30,36,38-39,43,49H,8-9,11-12,20-25H2,1-7H3,(H,44,50)/b29-19+/t30-,36-,38+,39-,42+/m1/s1. The summed E-state index contributed by atoms with van der Waals surface area (Å²) < 4.78 is 14.7. The zero-order chi connectivity index (χ0) is 38.6. The molecule has 3 aliphatic rings. The van der Waals surface area contributed by atoms with Gasteiger partial charge in [-0.25, -0.2) is 0 Å². The van der Waals surface area contributed by atoms with Crippen molar-refractivity contribution >= 4 is 36.4 Å². The lowest BCUT2D eigenvalue weighted by molar-refractivity contribution is -0.145. The number of aliphatic hydroxyl groups is 1. The molecule has 3 aliphatic heterocycles. The Kier molecular flexibility index (Phi) is 12.3. The minimum atomic E-state index is -2.36. The van der Waals surface area contributed by atoms with Gasteiger partial charge >= 0.3 is 0 Å². The molecule has 6 rings (SSSR count). The van der Waals surface area contributed by atoms with Crippen LogP contribution < -0.4 is 25.5 Å². The quantitative estimate of drug-likeness (QED) is 0.130. The van der Waals surface area contributed by atoms with Crippen LogP contribution in [0.25, 0.3) is 0 Å². The van der Waals surface area contributed by atoms with Crippen LogP contribution >= 0.6 is 0 Å². The monoisotopic (exact) mass is 754 g/mol. The second kappa shape index (κ2) is 16.7. The van der Waals surface area contributed by atoms with Crippen molar-refractivity contribution in [2.45, 2.75) is 109 Å². The summed E-state index contributed by atoms with van der Waals surface area (Å²) >= 11 is 0. The van der Waals surface area contributed by atoms with Crippen LogP contribution in [0, 0.1) is 5.92 Å². The molecule has 3 aromatic rings. The smallest absolute Gasteiger partial charge is 0.264 e. The second-order valence-corrected chi connectivity index (χ2v) is 20.7. The molecule has 1 aromatic heterocycles. The van der Waals surface area contributed by atoms with Crippen molar-refractivity contribution in [3.05, 3.63) is 83.2 Å². The van der Waals surface area contributed by atoms with Gasteiger partial charge in [-0.15, -0.1) is 5.10 Å². The van der Waals surface area contributed by atoms with Crippen molar-refractivity contribution in [3.63, 3.8) is 0 Å². The number of rotatable bonds is 15. The number of carbonyl (C=O) groups is 2. The van der Waals surface area contributed by atoms with Crippen LogP contribution in [0.2, 0.25) is 18.6 Å². The zero-order valence-electron chi connectivity index (χ0n) is 33.0. The molecular weight excluding hydrogens is 697 g/mol. The molecule has 12 heteroatoms. The Morgan fingerprint density at radius 1 is 1.17 bits per heavy atom. The molecule has 2 aromatic carbocycles. The highest BCUT2D eigenvalue weighted by molar-refractivity contribution is 6.91. The lowest BCUT2D eigenvalue weighted by atomic mass is 9.82. The van der Waals surface area contributed by atoms with Gasteiger partial charge in [0.25, 0.3) is 5.91 Å². The van der Waals surface area contributed by atoms with Crippen LogP contribution in [0.15, 0.2) is 72.0 Å². The highest BCUT2D eigenvalue weighted by Gasteiger charge is 2.66. The molecule has 290 valence electrons. The van der Waals surface area contributed by atoms with Gasteiger partial charge in [0.1, 0.15) is 5.75 Å². The largest absolute Gasteiger partial charge is 0.497 e. The molecular formula is C42H58N6O5Si. The van der Waals surface area contributed by atoms with Gasteiger partial charge in [-0.3, -0.25) is 14.3 Å². The molecule has 2 amide bonds. The van der Waals surface area contributed by atoms with Gasteiger partial charge in [-0.05, 0) is 95.3 Å². The number of aliphatic hydroxyl groups excluding tert-OH is 1. The van der Waals surface area contributed by atoms with Gasteiger partial charge in [0.15, 0.2) is 5.60 Å². The molecule has 5 atom stereocenters. The Labute approximate surface area is 321 Å². The third kappa shape index (κ3) is 7.98. The summed E-state index contributed by atoms with van der Waals surface area (Å²) in [5.41, 5.74) is 4.36. The maximum absolute atomic E-state index is 15.3. The molecule has 0 bridgehead atoms. The van der Waals surface area contributed by atoms with E-state index in [0.717, 1.165) is 54.9 Å². The lowest BCUT2D eigenvalue weighted by Crippen LogP contribution is -2.52. The average Bonchev–Trinajstić information content (AvgIpc) is 3.94. The number of hydrogen-bond donors (Lipinski definition) is 3. The Morgan fingerprint density at radius 3 is 2.63 bits per heavy atom. The van der Waals surface area contributed by atoms with E-state index in [-0.39, 0.29) is 42.0 Å². The van der Waals surface area contributed by atoms with Crippen molar-refractivity contribution in [2.75, 3.05) is 37.0 Å². The number of hydrogen-bond acceptors (Lipinski definition) is 8. The highest BCUT2D eigenvalue weighted by Crippen LogP contribution is 2.60. The Balaban J connectivity index is 1.40. The number of allylic oxidation sites excluding steroid dienone is 3. The fourth-order valence-corrected chi connectivity index (χ4v) is 12.9. The number of amides is 2. The molecule has 0 unspecified atom stereocenters. The maximum Gasteiger partial charge on any atom is 0.264 e. The predicted molar refractivity (Wildman–Crippen MR) is 216 cm³/mol. The van der Waals surface area contributed by atoms with E-state index in [2.05, 4.69) is 86.0 Å². The second-order valence-electron chi connectivity index (χ2n) is 16.0. The van der Waals surface area contributed by atoms with Crippen molar-refractivity contribution < 1.29 is 24.2 Å². The van der Waals surface area contributed by atoms with E-state index in [1.54, 1.807) is 7.11 Å². The molecule has 0 saturated carbocycles. The SMILES string of the molecule is COc1ccc([Si](C)(C)[C@H]2[C@H](CCn3cc(CCO)nn3)O[C@@]3(C(=O)N(C/C=C(\C)CCC=C(C)C)c4ccc(NC(=O)[C@H]5CCCN5)cc43)[C@@H]2C)cc1. The fourth-order valence-electron chi connectivity index (χ4n) is 8.85. The van der Waals surface area contributed by atoms with Crippen LogP contribution in [0.5, 0.6) is 5.75 Å². The summed E-state index contributed by atoms with van der Waals surface area (Å²) in [6.45, 7) is 15.1. The van der Waals surface area contributed by atoms with Crippen LogP contribution in [-0.2, 0) is 32.9 Å². The molecule has 2 saturated heterocycles. The number of benzene rings is 2. The Morgan fingerprint density at radius 2 is 1.94 bits per heavy atom. The van der Waals surface area contributed by atoms with E-state index < -0.39 is 13.7 Å². The fraction of sp³-hybridized carbons (Fsp3) is 0.524. The van der Waals surface area contributed by atoms with E-state index in [1.165, 1.54) is 16.3 Å². The minimum Gasteiger partial charge on any atom is -0.497 e. The Bertz CT molecular complexity index is 1860. The van der Waals surface area contributed by atoms with Gasteiger partial charge in [-0.1, -0.05) is 65.8 Å². The van der Waals surface area contributed by atoms with E-state index in [0.29, 0.717) is 31.6 Å². The van der Waals surface area contributed by atoms with Crippen LogP contribution in [0.3, 0.4) is 0 Å². The third-order valence-electron chi connectivity index (χ3n) is 11.8. The zero-order valence-corrected chi connectivity index (χ0v) is 34.0. The highest BCUT2D eigenvalue weighted by atomic mass is 28.3. The topological polar surface area (TPSA) is 131 Å². The van der Waals surface area contributed by atoms with Crippen molar-refractivity contribution in [3.8, 4) is 5.75 Å². The molecule has 54 heavy (non-hydrogen) atoms. The summed E-state index contributed by atoms with van der Waals surface area (Å²) in [5, 5.41) is 25.7. The number of aromatic nitrogens is 3. The number of nitrogens with one attached hydrogen (secondary N) is 2. The normalized spacial score (nSPS) is 24.0. The van der Waals surface area contributed by atoms with Crippen LogP contribution in [0.1, 0.15) is 71.1 Å². The van der Waals surface area contributed by atoms with Gasteiger partial charge in [0.05, 0.1) is 38.7 Å². The van der Waals surface area contributed by atoms with Crippen LogP contribution in [0.4, 0.5) is 11.4 Å². The van der Waals surface area contributed by atoms with Crippen molar-refractivity contribution in [2.24, 2.45) is 5.92 Å². The minimum absolute atomic E-state index is 0.00991. The van der Waals surface area contributed by atoms with Gasteiger partial charge in [0.2, 0.25) is 5.91 Å². The number of methoxy groups -OCH3 is 1. The first-order valence-corrected chi connectivity index (χ1v) is 22.6. The molecule has 0 radical (unpaired) electrons. The molecule has 4 heterocycles. The first kappa shape index (κ1) is 39.6. The molecule has 0 aliphatic carbocycles. The molecule has 11 nitrogen and oxygen atoms in total. The third-order valence-corrected chi connectivity index (χ3v) is 16.1. The summed E-state index contributed by atoms with van der Waals surface area (Å²) in [4.78, 5) is 30.4. The van der Waals surface area contributed by atoms with E-state index >= 15 is 4.79 Å². The number of carbonyl (C=O) groups excluding carboxylic acids is 2. The number of fused-ring (bicyclic) bond motifs is 2. The lowest BCUT2D eigenvalue weighted by Gasteiger charge is -2.37.